The molecule has 0 saturated heterocycles. The molecule has 0 saturated carbocycles. The van der Waals surface area contributed by atoms with E-state index >= 15 is 0 Å². The minimum Gasteiger partial charge on any atom is -0.490 e. The average Bonchev–Trinajstić information content (AvgIpc) is 2.30. The van der Waals surface area contributed by atoms with Gasteiger partial charge >= 0.3 is 6.17 Å². The van der Waals surface area contributed by atoms with Gasteiger partial charge in [-0.25, -0.2) is 6.57 Å². The Hall–Kier alpha value is -1.73. The minimum atomic E-state index is -0.651. The second-order valence-electron chi connectivity index (χ2n) is 3.88. The van der Waals surface area contributed by atoms with E-state index in [0.717, 1.165) is 5.56 Å². The molecule has 1 rings (SSSR count). The predicted molar refractivity (Wildman–Crippen MR) is 66.9 cm³/mol. The minimum absolute atomic E-state index is 0.0783. The Balaban J connectivity index is 3.04. The smallest absolute Gasteiger partial charge is 0.300 e. The first-order valence-electron chi connectivity index (χ1n) is 5.64. The third kappa shape index (κ3) is 3.65. The molecule has 0 amide bonds. The molecule has 0 bridgehead atoms. The molecule has 92 valence electrons. The van der Waals surface area contributed by atoms with Crippen LogP contribution >= 0.6 is 0 Å². The summed E-state index contributed by atoms with van der Waals surface area (Å²) in [6.07, 6.45) is -0.572. The Morgan fingerprint density at radius 3 is 2.59 bits per heavy atom. The van der Waals surface area contributed by atoms with Crippen LogP contribution in [0.3, 0.4) is 0 Å². The maximum absolute atomic E-state index is 6.91. The van der Waals surface area contributed by atoms with Gasteiger partial charge in [-0.15, -0.1) is 0 Å². The molecular weight excluding hydrogens is 216 g/mol. The van der Waals surface area contributed by atoms with Crippen molar-refractivity contribution in [2.45, 2.75) is 33.0 Å². The molecule has 4 nitrogen and oxygen atoms in total. The van der Waals surface area contributed by atoms with Crippen LogP contribution in [-0.4, -0.2) is 12.7 Å². The number of benzene rings is 1. The van der Waals surface area contributed by atoms with Crippen molar-refractivity contribution in [3.05, 3.63) is 35.2 Å². The van der Waals surface area contributed by atoms with E-state index in [9.17, 15) is 0 Å². The van der Waals surface area contributed by atoms with Crippen LogP contribution in [0.25, 0.3) is 4.85 Å². The van der Waals surface area contributed by atoms with Gasteiger partial charge in [-0.1, -0.05) is 0 Å². The van der Waals surface area contributed by atoms with E-state index in [4.69, 9.17) is 21.8 Å². The molecule has 0 radical (unpaired) electrons. The molecule has 1 atom stereocenters. The van der Waals surface area contributed by atoms with Gasteiger partial charge in [0.2, 0.25) is 0 Å². The van der Waals surface area contributed by atoms with Gasteiger partial charge in [0.05, 0.1) is 18.3 Å². The summed E-state index contributed by atoms with van der Waals surface area (Å²) in [6.45, 7) is 13.3. The van der Waals surface area contributed by atoms with Gasteiger partial charge in [0.1, 0.15) is 0 Å². The third-order valence-corrected chi connectivity index (χ3v) is 2.11. The van der Waals surface area contributed by atoms with Gasteiger partial charge in [0.15, 0.2) is 11.5 Å². The van der Waals surface area contributed by atoms with Crippen LogP contribution in [0.2, 0.25) is 0 Å². The van der Waals surface area contributed by atoms with Gasteiger partial charge < -0.3 is 9.47 Å². The van der Waals surface area contributed by atoms with Crippen molar-refractivity contribution >= 4 is 0 Å². The molecule has 1 unspecified atom stereocenters. The number of hydrogen-bond acceptors (Lipinski definition) is 3. The lowest BCUT2D eigenvalue weighted by molar-refractivity contribution is 0.223. The summed E-state index contributed by atoms with van der Waals surface area (Å²) in [5.41, 5.74) is 6.40. The predicted octanol–water partition coefficient (Wildman–Crippen LogP) is 2.75. The van der Waals surface area contributed by atoms with Crippen LogP contribution in [0.5, 0.6) is 11.5 Å². The Morgan fingerprint density at radius 1 is 1.35 bits per heavy atom. The fourth-order valence-electron chi connectivity index (χ4n) is 1.40. The van der Waals surface area contributed by atoms with Crippen LogP contribution in [-0.2, 0) is 0 Å². The summed E-state index contributed by atoms with van der Waals surface area (Å²) in [7, 11) is 0. The van der Waals surface area contributed by atoms with E-state index in [1.807, 2.05) is 20.8 Å². The van der Waals surface area contributed by atoms with Crippen molar-refractivity contribution in [1.29, 1.82) is 0 Å². The van der Waals surface area contributed by atoms with Crippen LogP contribution in [0, 0.1) is 6.57 Å². The third-order valence-electron chi connectivity index (χ3n) is 2.11. The Bertz CT molecular complexity index is 410. The maximum Gasteiger partial charge on any atom is 0.300 e. The highest BCUT2D eigenvalue weighted by atomic mass is 16.5. The van der Waals surface area contributed by atoms with Gasteiger partial charge in [-0.05, 0) is 39.0 Å². The number of nitrogens with zero attached hydrogens (tertiary/aromatic N) is 1. The standard InChI is InChI=1S/C13H18N2O2/c1-5-16-12-8-10(13(14)15-4)6-7-11(12)17-9(2)3/h6-9,13H,5,14H2,1-3H3. The lowest BCUT2D eigenvalue weighted by Gasteiger charge is -2.15. The van der Waals surface area contributed by atoms with E-state index in [0.29, 0.717) is 18.1 Å². The zero-order valence-electron chi connectivity index (χ0n) is 10.4. The summed E-state index contributed by atoms with van der Waals surface area (Å²) in [4.78, 5) is 3.28. The number of ether oxygens (including phenoxy) is 2. The Kier molecular flexibility index (Phi) is 4.80. The molecule has 0 fully saturated rings. The van der Waals surface area contributed by atoms with Crippen LogP contribution in [0.4, 0.5) is 0 Å². The first-order chi connectivity index (χ1) is 8.08. The van der Waals surface area contributed by atoms with Crippen molar-refractivity contribution in [3.8, 4) is 11.5 Å². The second kappa shape index (κ2) is 6.12. The molecule has 1 aromatic carbocycles. The fourth-order valence-corrected chi connectivity index (χ4v) is 1.40. The highest BCUT2D eigenvalue weighted by Gasteiger charge is 2.14. The molecule has 0 aromatic heterocycles. The number of hydrogen-bond donors (Lipinski definition) is 1. The van der Waals surface area contributed by atoms with Crippen LogP contribution < -0.4 is 15.2 Å². The molecule has 0 heterocycles. The van der Waals surface area contributed by atoms with Gasteiger partial charge in [-0.3, -0.25) is 10.6 Å². The molecule has 4 heteroatoms. The van der Waals surface area contributed by atoms with E-state index < -0.39 is 6.17 Å². The normalized spacial score (nSPS) is 12.0. The molecule has 17 heavy (non-hydrogen) atoms. The van der Waals surface area contributed by atoms with E-state index in [-0.39, 0.29) is 6.10 Å². The first kappa shape index (κ1) is 13.3. The molecule has 0 aliphatic heterocycles. The van der Waals surface area contributed by atoms with Crippen molar-refractivity contribution in [1.82, 2.24) is 0 Å². The average molecular weight is 234 g/mol. The van der Waals surface area contributed by atoms with E-state index in [1.54, 1.807) is 18.2 Å². The quantitative estimate of drug-likeness (QED) is 0.797. The summed E-state index contributed by atoms with van der Waals surface area (Å²) in [5.74, 6) is 1.32. The highest BCUT2D eigenvalue weighted by Crippen LogP contribution is 2.31. The van der Waals surface area contributed by atoms with Crippen LogP contribution in [0.1, 0.15) is 32.5 Å². The molecule has 0 aliphatic rings. The molecule has 0 spiro atoms. The lowest BCUT2D eigenvalue weighted by atomic mass is 10.1. The highest BCUT2D eigenvalue weighted by molar-refractivity contribution is 5.44. The zero-order chi connectivity index (χ0) is 12.8. The number of rotatable bonds is 5. The largest absolute Gasteiger partial charge is 0.490 e. The zero-order valence-corrected chi connectivity index (χ0v) is 10.4. The van der Waals surface area contributed by atoms with Crippen molar-refractivity contribution in [2.75, 3.05) is 6.61 Å². The SMILES string of the molecule is [C-]#[N+]C(N)c1ccc(OC(C)C)c(OCC)c1. The van der Waals surface area contributed by atoms with Gasteiger partial charge in [0, 0.05) is 0 Å². The van der Waals surface area contributed by atoms with Crippen molar-refractivity contribution in [2.24, 2.45) is 5.73 Å². The Labute approximate surface area is 102 Å². The first-order valence-corrected chi connectivity index (χ1v) is 5.64. The molecule has 0 aliphatic carbocycles. The topological polar surface area (TPSA) is 48.8 Å². The molecule has 1 aromatic rings. The monoisotopic (exact) mass is 234 g/mol. The summed E-state index contributed by atoms with van der Waals surface area (Å²) in [6, 6.07) is 5.36. The summed E-state index contributed by atoms with van der Waals surface area (Å²) in [5, 5.41) is 0. The van der Waals surface area contributed by atoms with Crippen molar-refractivity contribution < 1.29 is 9.47 Å². The molecule has 2 N–H and O–H groups in total. The summed E-state index contributed by atoms with van der Waals surface area (Å²) < 4.78 is 11.1. The van der Waals surface area contributed by atoms with Gasteiger partial charge in [-0.2, -0.15) is 0 Å². The van der Waals surface area contributed by atoms with E-state index in [1.165, 1.54) is 0 Å². The number of nitrogens with two attached hydrogens (primary N) is 1. The fraction of sp³-hybridized carbons (Fsp3) is 0.462. The Morgan fingerprint density at radius 2 is 2.06 bits per heavy atom. The lowest BCUT2D eigenvalue weighted by Crippen LogP contribution is -2.09. The van der Waals surface area contributed by atoms with Crippen LogP contribution in [0.15, 0.2) is 18.2 Å². The van der Waals surface area contributed by atoms with E-state index in [2.05, 4.69) is 4.85 Å². The van der Waals surface area contributed by atoms with Crippen molar-refractivity contribution in [3.63, 3.8) is 0 Å². The van der Waals surface area contributed by atoms with Gasteiger partial charge in [0.25, 0.3) is 0 Å². The summed E-state index contributed by atoms with van der Waals surface area (Å²) >= 11 is 0. The molecular formula is C13H18N2O2. The second-order valence-corrected chi connectivity index (χ2v) is 3.88. The maximum atomic E-state index is 6.91.